The van der Waals surface area contributed by atoms with E-state index < -0.39 is 9.84 Å². The Labute approximate surface area is 62.7 Å². The fraction of sp³-hybridized carbons (Fsp3) is 1.00. The first kappa shape index (κ1) is 9.91. The van der Waals surface area contributed by atoms with Gasteiger partial charge in [0.25, 0.3) is 0 Å². The fourth-order valence-corrected chi connectivity index (χ4v) is 1.19. The van der Waals surface area contributed by atoms with E-state index in [0.29, 0.717) is 0 Å². The number of rotatable bonds is 4. The molecule has 0 amide bonds. The third-order valence-electron chi connectivity index (χ3n) is 1.15. The second kappa shape index (κ2) is 3.93. The Morgan fingerprint density at radius 2 is 1.90 bits per heavy atom. The molecule has 0 aliphatic rings. The van der Waals surface area contributed by atoms with Gasteiger partial charge in [-0.1, -0.05) is 20.8 Å². The molecule has 0 fully saturated rings. The summed E-state index contributed by atoms with van der Waals surface area (Å²) >= 11 is 0. The molecule has 0 radical (unpaired) electrons. The van der Waals surface area contributed by atoms with Crippen LogP contribution in [-0.2, 0) is 9.84 Å². The van der Waals surface area contributed by atoms with Gasteiger partial charge in [-0.25, -0.2) is 8.42 Å². The molecule has 0 rings (SSSR count). The van der Waals surface area contributed by atoms with Gasteiger partial charge in [0.05, 0.1) is 5.88 Å². The van der Waals surface area contributed by atoms with Crippen molar-refractivity contribution in [3.63, 3.8) is 0 Å². The third-order valence-corrected chi connectivity index (χ3v) is 2.64. The molecule has 0 saturated heterocycles. The molecule has 0 atom stereocenters. The van der Waals surface area contributed by atoms with E-state index in [1.54, 1.807) is 6.92 Å². The lowest BCUT2D eigenvalue weighted by atomic mass is 10.4. The molecule has 62 valence electrons. The molecule has 3 nitrogen and oxygen atoms in total. The van der Waals surface area contributed by atoms with E-state index in [1.807, 2.05) is 13.8 Å². The monoisotopic (exact) mass is 165 g/mol. The molecule has 0 spiro atoms. The van der Waals surface area contributed by atoms with Crippen molar-refractivity contribution in [2.45, 2.75) is 26.8 Å². The first-order valence-electron chi connectivity index (χ1n) is 3.41. The third kappa shape index (κ3) is 4.76. The summed E-state index contributed by atoms with van der Waals surface area (Å²) in [5, 5.41) is 2.85. The quantitative estimate of drug-likeness (QED) is 0.655. The first-order valence-corrected chi connectivity index (χ1v) is 5.24. The summed E-state index contributed by atoms with van der Waals surface area (Å²) in [7, 11) is -2.83. The lowest BCUT2D eigenvalue weighted by Crippen LogP contribution is -2.29. The number of sulfone groups is 1. The van der Waals surface area contributed by atoms with Crippen LogP contribution in [0.15, 0.2) is 0 Å². The van der Waals surface area contributed by atoms with Crippen LogP contribution in [0.1, 0.15) is 20.8 Å². The maximum absolute atomic E-state index is 10.8. The predicted molar refractivity (Wildman–Crippen MR) is 42.6 cm³/mol. The summed E-state index contributed by atoms with van der Waals surface area (Å²) in [6.07, 6.45) is 0. The molecule has 1 N–H and O–H groups in total. The highest BCUT2D eigenvalue weighted by atomic mass is 32.2. The van der Waals surface area contributed by atoms with Gasteiger partial charge in [-0.2, -0.15) is 0 Å². The van der Waals surface area contributed by atoms with Crippen molar-refractivity contribution in [1.82, 2.24) is 5.32 Å². The van der Waals surface area contributed by atoms with E-state index in [-0.39, 0.29) is 17.7 Å². The van der Waals surface area contributed by atoms with Gasteiger partial charge in [-0.3, -0.25) is 0 Å². The molecule has 0 aromatic heterocycles. The van der Waals surface area contributed by atoms with Crippen LogP contribution in [0.2, 0.25) is 0 Å². The second-order valence-corrected chi connectivity index (χ2v) is 4.89. The predicted octanol–water partition coefficient (Wildman–Crippen LogP) is 0.377. The van der Waals surface area contributed by atoms with Gasteiger partial charge in [-0.05, 0) is 0 Å². The minimum Gasteiger partial charge on any atom is -0.301 e. The van der Waals surface area contributed by atoms with Gasteiger partial charge in [0.2, 0.25) is 0 Å². The number of nitrogens with one attached hydrogen (secondary N) is 1. The van der Waals surface area contributed by atoms with Crippen LogP contribution in [-0.4, -0.2) is 26.1 Å². The Hall–Kier alpha value is -0.0900. The normalized spacial score (nSPS) is 12.4. The van der Waals surface area contributed by atoms with Gasteiger partial charge in [0.1, 0.15) is 0 Å². The molecule has 10 heavy (non-hydrogen) atoms. The molecular formula is C6H15NO2S. The minimum atomic E-state index is -2.83. The fourth-order valence-electron chi connectivity index (χ4n) is 0.396. The zero-order valence-electron chi connectivity index (χ0n) is 6.72. The highest BCUT2D eigenvalue weighted by molar-refractivity contribution is 7.91. The molecular weight excluding hydrogens is 150 g/mol. The SMILES string of the molecule is CCS(=O)(=O)CNC(C)C. The topological polar surface area (TPSA) is 46.2 Å². The van der Waals surface area contributed by atoms with Crippen molar-refractivity contribution < 1.29 is 8.42 Å². The lowest BCUT2D eigenvalue weighted by Gasteiger charge is -2.06. The standard InChI is InChI=1S/C6H15NO2S/c1-4-10(8,9)5-7-6(2)3/h6-7H,4-5H2,1-3H3. The molecule has 0 unspecified atom stereocenters. The van der Waals surface area contributed by atoms with E-state index >= 15 is 0 Å². The molecule has 4 heteroatoms. The van der Waals surface area contributed by atoms with E-state index in [1.165, 1.54) is 0 Å². The van der Waals surface area contributed by atoms with Crippen molar-refractivity contribution in [3.05, 3.63) is 0 Å². The summed E-state index contributed by atoms with van der Waals surface area (Å²) in [6, 6.07) is 0.237. The summed E-state index contributed by atoms with van der Waals surface area (Å²) in [4.78, 5) is 0. The smallest absolute Gasteiger partial charge is 0.162 e. The van der Waals surface area contributed by atoms with Gasteiger partial charge in [-0.15, -0.1) is 0 Å². The van der Waals surface area contributed by atoms with Crippen LogP contribution >= 0.6 is 0 Å². The molecule has 0 saturated carbocycles. The summed E-state index contributed by atoms with van der Waals surface area (Å²) in [5.41, 5.74) is 0. The Balaban J connectivity index is 3.70. The lowest BCUT2D eigenvalue weighted by molar-refractivity contribution is 0.574. The minimum absolute atomic E-state index is 0.0984. The van der Waals surface area contributed by atoms with Gasteiger partial charge in [0.15, 0.2) is 9.84 Å². The van der Waals surface area contributed by atoms with Crippen molar-refractivity contribution in [2.24, 2.45) is 0 Å². The van der Waals surface area contributed by atoms with E-state index in [2.05, 4.69) is 5.32 Å². The molecule has 0 aliphatic heterocycles. The van der Waals surface area contributed by atoms with Crippen molar-refractivity contribution in [1.29, 1.82) is 0 Å². The summed E-state index contributed by atoms with van der Waals surface area (Å²) in [6.45, 7) is 5.49. The Morgan fingerprint density at radius 1 is 1.40 bits per heavy atom. The van der Waals surface area contributed by atoms with Crippen molar-refractivity contribution >= 4 is 9.84 Å². The highest BCUT2D eigenvalue weighted by Gasteiger charge is 2.06. The molecule has 0 aliphatic carbocycles. The zero-order valence-corrected chi connectivity index (χ0v) is 7.53. The van der Waals surface area contributed by atoms with Crippen LogP contribution in [0.3, 0.4) is 0 Å². The number of hydrogen-bond acceptors (Lipinski definition) is 3. The average molecular weight is 165 g/mol. The van der Waals surface area contributed by atoms with E-state index in [4.69, 9.17) is 0 Å². The van der Waals surface area contributed by atoms with E-state index in [0.717, 1.165) is 0 Å². The maximum atomic E-state index is 10.8. The van der Waals surface area contributed by atoms with E-state index in [9.17, 15) is 8.42 Å². The maximum Gasteiger partial charge on any atom is 0.162 e. The Bertz CT molecular complexity index is 172. The van der Waals surface area contributed by atoms with Gasteiger partial charge < -0.3 is 5.32 Å². The van der Waals surface area contributed by atoms with Crippen LogP contribution in [0, 0.1) is 0 Å². The van der Waals surface area contributed by atoms with Crippen LogP contribution in [0.5, 0.6) is 0 Å². The highest BCUT2D eigenvalue weighted by Crippen LogP contribution is 1.86. The average Bonchev–Trinajstić information content (AvgIpc) is 1.85. The second-order valence-electron chi connectivity index (χ2n) is 2.54. The van der Waals surface area contributed by atoms with Crippen LogP contribution in [0.4, 0.5) is 0 Å². The summed E-state index contributed by atoms with van der Waals surface area (Å²) < 4.78 is 21.7. The Morgan fingerprint density at radius 3 is 2.20 bits per heavy atom. The van der Waals surface area contributed by atoms with Crippen LogP contribution < -0.4 is 5.32 Å². The van der Waals surface area contributed by atoms with Gasteiger partial charge in [0, 0.05) is 11.8 Å². The molecule has 0 bridgehead atoms. The number of hydrogen-bond donors (Lipinski definition) is 1. The molecule has 0 aromatic rings. The largest absolute Gasteiger partial charge is 0.301 e. The summed E-state index contributed by atoms with van der Waals surface area (Å²) in [5.74, 6) is 0.313. The van der Waals surface area contributed by atoms with Gasteiger partial charge >= 0.3 is 0 Å². The zero-order chi connectivity index (χ0) is 8.20. The Kier molecular flexibility index (Phi) is 3.89. The molecule has 0 aromatic carbocycles. The first-order chi connectivity index (χ1) is 4.48. The van der Waals surface area contributed by atoms with Crippen LogP contribution in [0.25, 0.3) is 0 Å². The van der Waals surface area contributed by atoms with Crippen molar-refractivity contribution in [2.75, 3.05) is 11.6 Å². The molecule has 0 heterocycles. The van der Waals surface area contributed by atoms with Crippen molar-refractivity contribution in [3.8, 4) is 0 Å².